The molecule has 1 aromatic rings. The molecule has 1 N–H and O–H groups in total. The number of nitrogens with one attached hydrogen (secondary N) is 1. The zero-order valence-corrected chi connectivity index (χ0v) is 13.9. The first-order chi connectivity index (χ1) is 10.3. The Morgan fingerprint density at radius 1 is 1.05 bits per heavy atom. The van der Waals surface area contributed by atoms with E-state index in [4.69, 9.17) is 0 Å². The summed E-state index contributed by atoms with van der Waals surface area (Å²) in [5, 5.41) is 3.94. The predicted molar refractivity (Wildman–Crippen MR) is 93.0 cm³/mol. The van der Waals surface area contributed by atoms with E-state index in [1.807, 2.05) is 0 Å². The van der Waals surface area contributed by atoms with Crippen LogP contribution in [0.2, 0.25) is 0 Å². The quantitative estimate of drug-likeness (QED) is 0.752. The first-order valence-corrected chi connectivity index (χ1v) is 8.89. The molecule has 1 atom stereocenters. The maximum atomic E-state index is 3.94. The van der Waals surface area contributed by atoms with Gasteiger partial charge < -0.3 is 10.2 Å². The molecule has 0 aromatic heterocycles. The SMILES string of the molecule is CCCCC(CCC)NC1CCN(c2ccccc2)CC1. The number of piperidine rings is 1. The Bertz CT molecular complexity index is 368. The van der Waals surface area contributed by atoms with Crippen LogP contribution in [0.1, 0.15) is 58.8 Å². The Balaban J connectivity index is 1.77. The number of rotatable bonds is 8. The van der Waals surface area contributed by atoms with Crippen LogP contribution in [-0.4, -0.2) is 25.2 Å². The second-order valence-corrected chi connectivity index (χ2v) is 6.39. The number of para-hydroxylation sites is 1. The van der Waals surface area contributed by atoms with Gasteiger partial charge >= 0.3 is 0 Å². The van der Waals surface area contributed by atoms with E-state index >= 15 is 0 Å². The summed E-state index contributed by atoms with van der Waals surface area (Å²) in [6.45, 7) is 6.97. The minimum Gasteiger partial charge on any atom is -0.371 e. The van der Waals surface area contributed by atoms with Gasteiger partial charge in [-0.15, -0.1) is 0 Å². The fourth-order valence-corrected chi connectivity index (χ4v) is 3.39. The van der Waals surface area contributed by atoms with E-state index in [1.165, 1.54) is 63.7 Å². The topological polar surface area (TPSA) is 15.3 Å². The molecule has 1 aliphatic rings. The minimum absolute atomic E-state index is 0.721. The van der Waals surface area contributed by atoms with Crippen LogP contribution >= 0.6 is 0 Å². The molecule has 2 rings (SSSR count). The fourth-order valence-electron chi connectivity index (χ4n) is 3.39. The molecule has 0 radical (unpaired) electrons. The van der Waals surface area contributed by atoms with E-state index in [0.717, 1.165) is 12.1 Å². The van der Waals surface area contributed by atoms with E-state index in [1.54, 1.807) is 0 Å². The molecule has 1 fully saturated rings. The third-order valence-corrected chi connectivity index (χ3v) is 4.63. The molecule has 1 unspecified atom stereocenters. The Morgan fingerprint density at radius 2 is 1.76 bits per heavy atom. The maximum absolute atomic E-state index is 3.94. The van der Waals surface area contributed by atoms with Crippen molar-refractivity contribution in [2.45, 2.75) is 70.9 Å². The molecule has 0 saturated carbocycles. The zero-order valence-electron chi connectivity index (χ0n) is 13.9. The summed E-state index contributed by atoms with van der Waals surface area (Å²) in [7, 11) is 0. The smallest absolute Gasteiger partial charge is 0.0366 e. The molecule has 0 spiro atoms. The van der Waals surface area contributed by atoms with Crippen molar-refractivity contribution in [2.24, 2.45) is 0 Å². The summed E-state index contributed by atoms with van der Waals surface area (Å²) in [4.78, 5) is 2.53. The molecule has 1 heterocycles. The summed E-state index contributed by atoms with van der Waals surface area (Å²) in [5.74, 6) is 0. The van der Waals surface area contributed by atoms with Crippen LogP contribution in [0.15, 0.2) is 30.3 Å². The van der Waals surface area contributed by atoms with Crippen molar-refractivity contribution in [3.8, 4) is 0 Å². The van der Waals surface area contributed by atoms with Crippen molar-refractivity contribution in [1.82, 2.24) is 5.32 Å². The number of unbranched alkanes of at least 4 members (excludes halogenated alkanes) is 1. The average Bonchev–Trinajstić information content (AvgIpc) is 2.54. The lowest BCUT2D eigenvalue weighted by molar-refractivity contribution is 0.336. The van der Waals surface area contributed by atoms with Crippen LogP contribution in [0.3, 0.4) is 0 Å². The van der Waals surface area contributed by atoms with Gasteiger partial charge in [-0.2, -0.15) is 0 Å². The van der Waals surface area contributed by atoms with Gasteiger partial charge in [0, 0.05) is 30.9 Å². The standard InChI is InChI=1S/C19H32N2/c1-3-5-10-17(9-4-2)20-18-13-15-21(16-14-18)19-11-7-6-8-12-19/h6-8,11-12,17-18,20H,3-5,9-10,13-16H2,1-2H3. The Labute approximate surface area is 130 Å². The number of anilines is 1. The molecular weight excluding hydrogens is 256 g/mol. The van der Waals surface area contributed by atoms with Gasteiger partial charge in [0.25, 0.3) is 0 Å². The van der Waals surface area contributed by atoms with Gasteiger partial charge in [0.1, 0.15) is 0 Å². The highest BCUT2D eigenvalue weighted by Crippen LogP contribution is 2.20. The monoisotopic (exact) mass is 288 g/mol. The summed E-state index contributed by atoms with van der Waals surface area (Å²) in [5.41, 5.74) is 1.38. The summed E-state index contributed by atoms with van der Waals surface area (Å²) >= 11 is 0. The normalized spacial score (nSPS) is 17.9. The van der Waals surface area contributed by atoms with E-state index < -0.39 is 0 Å². The summed E-state index contributed by atoms with van der Waals surface area (Å²) < 4.78 is 0. The van der Waals surface area contributed by atoms with Crippen LogP contribution < -0.4 is 10.2 Å². The van der Waals surface area contributed by atoms with Gasteiger partial charge in [-0.05, 0) is 37.8 Å². The Morgan fingerprint density at radius 3 is 2.38 bits per heavy atom. The Hall–Kier alpha value is -1.02. The molecule has 0 amide bonds. The first kappa shape index (κ1) is 16.4. The molecule has 118 valence electrons. The molecule has 0 bridgehead atoms. The highest BCUT2D eigenvalue weighted by molar-refractivity contribution is 5.46. The largest absolute Gasteiger partial charge is 0.371 e. The van der Waals surface area contributed by atoms with Crippen LogP contribution in [-0.2, 0) is 0 Å². The number of nitrogens with zero attached hydrogens (tertiary/aromatic N) is 1. The lowest BCUT2D eigenvalue weighted by atomic mass is 9.99. The van der Waals surface area contributed by atoms with Crippen LogP contribution in [0.25, 0.3) is 0 Å². The number of hydrogen-bond donors (Lipinski definition) is 1. The number of hydrogen-bond acceptors (Lipinski definition) is 2. The first-order valence-electron chi connectivity index (χ1n) is 8.89. The van der Waals surface area contributed by atoms with Crippen molar-refractivity contribution >= 4 is 5.69 Å². The van der Waals surface area contributed by atoms with Crippen LogP contribution in [0.5, 0.6) is 0 Å². The van der Waals surface area contributed by atoms with Crippen molar-refractivity contribution in [3.63, 3.8) is 0 Å². The van der Waals surface area contributed by atoms with E-state index in [2.05, 4.69) is 54.4 Å². The highest BCUT2D eigenvalue weighted by Gasteiger charge is 2.21. The van der Waals surface area contributed by atoms with Gasteiger partial charge in [0.15, 0.2) is 0 Å². The van der Waals surface area contributed by atoms with Crippen LogP contribution in [0.4, 0.5) is 5.69 Å². The second-order valence-electron chi connectivity index (χ2n) is 6.39. The molecule has 2 nitrogen and oxygen atoms in total. The van der Waals surface area contributed by atoms with Crippen molar-refractivity contribution < 1.29 is 0 Å². The van der Waals surface area contributed by atoms with Crippen molar-refractivity contribution in [2.75, 3.05) is 18.0 Å². The van der Waals surface area contributed by atoms with Gasteiger partial charge in [-0.1, -0.05) is 51.3 Å². The van der Waals surface area contributed by atoms with Gasteiger partial charge in [0.2, 0.25) is 0 Å². The zero-order chi connectivity index (χ0) is 14.9. The lowest BCUT2D eigenvalue weighted by Crippen LogP contribution is -2.46. The van der Waals surface area contributed by atoms with Crippen molar-refractivity contribution in [1.29, 1.82) is 0 Å². The number of benzene rings is 1. The van der Waals surface area contributed by atoms with Crippen molar-refractivity contribution in [3.05, 3.63) is 30.3 Å². The molecule has 1 saturated heterocycles. The lowest BCUT2D eigenvalue weighted by Gasteiger charge is -2.36. The molecule has 2 heteroatoms. The third kappa shape index (κ3) is 5.35. The molecule has 0 aliphatic carbocycles. The Kier molecular flexibility index (Phi) is 7.08. The molecule has 1 aromatic carbocycles. The van der Waals surface area contributed by atoms with Crippen LogP contribution in [0, 0.1) is 0 Å². The molecule has 1 aliphatic heterocycles. The van der Waals surface area contributed by atoms with Gasteiger partial charge in [0.05, 0.1) is 0 Å². The average molecular weight is 288 g/mol. The van der Waals surface area contributed by atoms with E-state index in [9.17, 15) is 0 Å². The third-order valence-electron chi connectivity index (χ3n) is 4.63. The fraction of sp³-hybridized carbons (Fsp3) is 0.684. The second kappa shape index (κ2) is 9.09. The van der Waals surface area contributed by atoms with E-state index in [-0.39, 0.29) is 0 Å². The van der Waals surface area contributed by atoms with Gasteiger partial charge in [-0.25, -0.2) is 0 Å². The molecular formula is C19H32N2. The van der Waals surface area contributed by atoms with E-state index in [0.29, 0.717) is 0 Å². The predicted octanol–water partition coefficient (Wildman–Crippen LogP) is 4.60. The maximum Gasteiger partial charge on any atom is 0.0366 e. The summed E-state index contributed by atoms with van der Waals surface area (Å²) in [6.07, 6.45) is 9.21. The van der Waals surface area contributed by atoms with Gasteiger partial charge in [-0.3, -0.25) is 0 Å². The highest BCUT2D eigenvalue weighted by atomic mass is 15.1. The molecule has 21 heavy (non-hydrogen) atoms. The minimum atomic E-state index is 0.721. The summed E-state index contributed by atoms with van der Waals surface area (Å²) in [6, 6.07) is 12.3.